The van der Waals surface area contributed by atoms with E-state index in [0.29, 0.717) is 25.0 Å². The summed E-state index contributed by atoms with van der Waals surface area (Å²) >= 11 is 0. The van der Waals surface area contributed by atoms with Gasteiger partial charge in [0.25, 0.3) is 0 Å². The van der Waals surface area contributed by atoms with Crippen LogP contribution < -0.4 is 0 Å². The summed E-state index contributed by atoms with van der Waals surface area (Å²) in [4.78, 5) is 42.4. The van der Waals surface area contributed by atoms with Gasteiger partial charge in [-0.15, -0.1) is 0 Å². The van der Waals surface area contributed by atoms with Crippen molar-refractivity contribution in [1.29, 1.82) is 0 Å². The van der Waals surface area contributed by atoms with E-state index in [-0.39, 0.29) is 18.8 Å². The van der Waals surface area contributed by atoms with Crippen molar-refractivity contribution in [3.63, 3.8) is 0 Å². The summed E-state index contributed by atoms with van der Waals surface area (Å²) in [6.07, 6.45) is 0.514. The zero-order chi connectivity index (χ0) is 29.6. The molecular formula is C35H35NO6. The Morgan fingerprint density at radius 1 is 0.929 bits per heavy atom. The van der Waals surface area contributed by atoms with E-state index in [2.05, 4.69) is 0 Å². The maximum atomic E-state index is 14.2. The van der Waals surface area contributed by atoms with Crippen LogP contribution in [0.2, 0.25) is 0 Å². The number of Topliss-reactive ketones (excluding diaryl/α,β-unsaturated/α-hetero) is 1. The summed E-state index contributed by atoms with van der Waals surface area (Å²) in [6, 6.07) is 27.6. The first kappa shape index (κ1) is 29.0. The van der Waals surface area contributed by atoms with E-state index in [9.17, 15) is 19.5 Å². The van der Waals surface area contributed by atoms with Gasteiger partial charge in [0.05, 0.1) is 6.04 Å². The smallest absolute Gasteiger partial charge is 0.417 e. The molecule has 4 aromatic rings. The number of ether oxygens (including phenoxy) is 1. The topological polar surface area (TPSA) is 97.1 Å². The molecule has 1 N–H and O–H groups in total. The van der Waals surface area contributed by atoms with Crippen LogP contribution in [-0.2, 0) is 22.4 Å². The van der Waals surface area contributed by atoms with E-state index in [0.717, 1.165) is 32.7 Å². The second-order valence-corrected chi connectivity index (χ2v) is 10.8. The van der Waals surface area contributed by atoms with Crippen molar-refractivity contribution in [1.82, 2.24) is 4.90 Å². The average molecular weight is 566 g/mol. The maximum absolute atomic E-state index is 14.2. The first-order valence-corrected chi connectivity index (χ1v) is 14.3. The molecule has 2 amide bonds. The molecule has 3 aromatic carbocycles. The molecule has 0 saturated carbocycles. The zero-order valence-corrected chi connectivity index (χ0v) is 23.9. The van der Waals surface area contributed by atoms with Crippen molar-refractivity contribution in [2.24, 2.45) is 5.92 Å². The van der Waals surface area contributed by atoms with Crippen LogP contribution in [-0.4, -0.2) is 40.4 Å². The lowest BCUT2D eigenvalue weighted by molar-refractivity contribution is -0.131. The quantitative estimate of drug-likeness (QED) is 0.123. The first-order chi connectivity index (χ1) is 20.4. The highest BCUT2D eigenvalue weighted by molar-refractivity contribution is 6.12. The molecule has 0 unspecified atom stereocenters. The molecule has 3 atom stereocenters. The Hall–Kier alpha value is -4.49. The van der Waals surface area contributed by atoms with Gasteiger partial charge in [0.15, 0.2) is 5.76 Å². The molecular weight excluding hydrogens is 530 g/mol. The van der Waals surface area contributed by atoms with Crippen molar-refractivity contribution in [2.45, 2.75) is 51.7 Å². The molecule has 5 rings (SSSR count). The van der Waals surface area contributed by atoms with Gasteiger partial charge in [0.1, 0.15) is 17.8 Å². The molecule has 1 saturated heterocycles. The summed E-state index contributed by atoms with van der Waals surface area (Å²) in [5.74, 6) is -1.61. The first-order valence-electron chi connectivity index (χ1n) is 14.3. The largest absolute Gasteiger partial charge is 0.457 e. The minimum absolute atomic E-state index is 0.0635. The van der Waals surface area contributed by atoms with Gasteiger partial charge in [-0.2, -0.15) is 0 Å². The number of aliphatic hydroxyl groups is 1. The summed E-state index contributed by atoms with van der Waals surface area (Å²) < 4.78 is 11.8. The third kappa shape index (κ3) is 6.21. The zero-order valence-electron chi connectivity index (χ0n) is 23.9. The van der Waals surface area contributed by atoms with Crippen molar-refractivity contribution in [2.75, 3.05) is 6.61 Å². The third-order valence-corrected chi connectivity index (χ3v) is 7.73. The van der Waals surface area contributed by atoms with E-state index in [4.69, 9.17) is 9.15 Å². The van der Waals surface area contributed by atoms with Crippen LogP contribution in [0.1, 0.15) is 58.9 Å². The molecule has 0 aliphatic carbocycles. The van der Waals surface area contributed by atoms with Gasteiger partial charge in [-0.25, -0.2) is 9.69 Å². The standard InChI is InChI=1S/C35H35NO6/c1-23-12-11-17-27(20-23)28-22-31(41-30(28)18-9-10-19-37)32(38)29(21-25-13-5-3-6-14-25)34(39)36-24(2)33(42-35(36)40)26-15-7-4-8-16-26/h3-8,11-17,20,22,24,29,33,37H,9-10,18-19,21H2,1-2H3/t24-,29+,33-/m0/s1. The van der Waals surface area contributed by atoms with Crippen molar-refractivity contribution < 1.29 is 28.6 Å². The molecule has 1 aliphatic rings. The minimum atomic E-state index is -1.20. The van der Waals surface area contributed by atoms with Gasteiger partial charge < -0.3 is 14.3 Å². The molecule has 2 heterocycles. The van der Waals surface area contributed by atoms with Crippen LogP contribution in [0, 0.1) is 12.8 Å². The molecule has 216 valence electrons. The Labute approximate surface area is 245 Å². The van der Waals surface area contributed by atoms with Gasteiger partial charge in [0, 0.05) is 18.6 Å². The number of aryl methyl sites for hydroxylation is 2. The summed E-state index contributed by atoms with van der Waals surface area (Å²) in [6.45, 7) is 3.81. The highest BCUT2D eigenvalue weighted by Gasteiger charge is 2.47. The van der Waals surface area contributed by atoms with Crippen LogP contribution >= 0.6 is 0 Å². The Balaban J connectivity index is 1.50. The van der Waals surface area contributed by atoms with E-state index < -0.39 is 35.8 Å². The fourth-order valence-electron chi connectivity index (χ4n) is 5.52. The summed E-state index contributed by atoms with van der Waals surface area (Å²) in [7, 11) is 0. The number of aliphatic hydroxyl groups excluding tert-OH is 1. The second kappa shape index (κ2) is 13.0. The molecule has 1 aromatic heterocycles. The number of unbranched alkanes of at least 4 members (excludes halogenated alkanes) is 1. The Kier molecular flexibility index (Phi) is 8.98. The number of ketones is 1. The lowest BCUT2D eigenvalue weighted by Gasteiger charge is -2.23. The van der Waals surface area contributed by atoms with Gasteiger partial charge in [-0.3, -0.25) is 9.59 Å². The van der Waals surface area contributed by atoms with Crippen LogP contribution in [0.15, 0.2) is 95.4 Å². The predicted molar refractivity (Wildman–Crippen MR) is 159 cm³/mol. The summed E-state index contributed by atoms with van der Waals surface area (Å²) in [5, 5.41) is 9.31. The number of imide groups is 1. The third-order valence-electron chi connectivity index (χ3n) is 7.73. The molecule has 0 bridgehead atoms. The number of rotatable bonds is 11. The maximum Gasteiger partial charge on any atom is 0.417 e. The van der Waals surface area contributed by atoms with Gasteiger partial charge in [-0.05, 0) is 55.9 Å². The average Bonchev–Trinajstić information content (AvgIpc) is 3.56. The predicted octanol–water partition coefficient (Wildman–Crippen LogP) is 6.72. The number of nitrogens with zero attached hydrogens (tertiary/aromatic N) is 1. The number of carbonyl (C=O) groups excluding carboxylic acids is 3. The molecule has 7 nitrogen and oxygen atoms in total. The Morgan fingerprint density at radius 3 is 2.33 bits per heavy atom. The van der Waals surface area contributed by atoms with Crippen LogP contribution in [0.4, 0.5) is 4.79 Å². The van der Waals surface area contributed by atoms with Crippen molar-refractivity contribution in [3.05, 3.63) is 119 Å². The lowest BCUT2D eigenvalue weighted by Crippen LogP contribution is -2.44. The van der Waals surface area contributed by atoms with Crippen LogP contribution in [0.5, 0.6) is 0 Å². The van der Waals surface area contributed by atoms with Crippen LogP contribution in [0.25, 0.3) is 11.1 Å². The van der Waals surface area contributed by atoms with Crippen molar-refractivity contribution in [3.8, 4) is 11.1 Å². The number of cyclic esters (lactones) is 1. The lowest BCUT2D eigenvalue weighted by atomic mass is 9.91. The van der Waals surface area contributed by atoms with E-state index in [1.807, 2.05) is 91.9 Å². The molecule has 1 fully saturated rings. The van der Waals surface area contributed by atoms with Crippen molar-refractivity contribution >= 4 is 17.8 Å². The fraction of sp³-hybridized carbons (Fsp3) is 0.286. The number of furan rings is 1. The number of hydrogen-bond donors (Lipinski definition) is 1. The molecule has 0 radical (unpaired) electrons. The fourth-order valence-corrected chi connectivity index (χ4v) is 5.52. The number of benzene rings is 3. The highest BCUT2D eigenvalue weighted by atomic mass is 16.6. The van der Waals surface area contributed by atoms with E-state index in [1.165, 1.54) is 0 Å². The minimum Gasteiger partial charge on any atom is -0.457 e. The van der Waals surface area contributed by atoms with E-state index in [1.54, 1.807) is 13.0 Å². The molecule has 0 spiro atoms. The number of amides is 2. The Bertz CT molecular complexity index is 1540. The number of carbonyl (C=O) groups is 3. The van der Waals surface area contributed by atoms with Gasteiger partial charge >= 0.3 is 6.09 Å². The monoisotopic (exact) mass is 565 g/mol. The Morgan fingerprint density at radius 2 is 1.64 bits per heavy atom. The normalized spacial score (nSPS) is 17.2. The van der Waals surface area contributed by atoms with Crippen LogP contribution in [0.3, 0.4) is 0 Å². The SMILES string of the molecule is Cc1cccc(-c2cc(C(=O)[C@@H](Cc3ccccc3)C(=O)N3C(=O)O[C@H](c4ccccc4)[C@@H]3C)oc2CCCCO)c1. The number of hydrogen-bond acceptors (Lipinski definition) is 6. The second-order valence-electron chi connectivity index (χ2n) is 10.8. The summed E-state index contributed by atoms with van der Waals surface area (Å²) in [5.41, 5.74) is 4.32. The van der Waals surface area contributed by atoms with Gasteiger partial charge in [-0.1, -0.05) is 90.5 Å². The molecule has 7 heteroatoms. The molecule has 42 heavy (non-hydrogen) atoms. The molecule has 1 aliphatic heterocycles. The van der Waals surface area contributed by atoms with E-state index >= 15 is 0 Å². The van der Waals surface area contributed by atoms with Gasteiger partial charge in [0.2, 0.25) is 11.7 Å². The highest BCUT2D eigenvalue weighted by Crippen LogP contribution is 2.35.